The van der Waals surface area contributed by atoms with Crippen LogP contribution in [0.1, 0.15) is 38.7 Å². The molecule has 7 heteroatoms. The SMILES string of the molecule is CC(C)C[C@H](NC(=O)[C@H](CCCN)NC(=O)Cc1ccccc1)C(N)=O. The number of hydrogen-bond acceptors (Lipinski definition) is 4. The van der Waals surface area contributed by atoms with Crippen LogP contribution in [-0.2, 0) is 20.8 Å². The van der Waals surface area contributed by atoms with Gasteiger partial charge in [0.15, 0.2) is 0 Å². The van der Waals surface area contributed by atoms with E-state index in [2.05, 4.69) is 10.6 Å². The molecule has 0 aromatic heterocycles. The summed E-state index contributed by atoms with van der Waals surface area (Å²) in [6, 6.07) is 7.77. The molecule has 0 unspecified atom stereocenters. The van der Waals surface area contributed by atoms with Gasteiger partial charge in [-0.1, -0.05) is 44.2 Å². The van der Waals surface area contributed by atoms with Crippen molar-refractivity contribution in [1.82, 2.24) is 10.6 Å². The van der Waals surface area contributed by atoms with Crippen LogP contribution in [0.25, 0.3) is 0 Å². The van der Waals surface area contributed by atoms with Gasteiger partial charge in [-0.3, -0.25) is 14.4 Å². The fourth-order valence-corrected chi connectivity index (χ4v) is 2.61. The second-order valence-electron chi connectivity index (χ2n) is 6.81. The van der Waals surface area contributed by atoms with Gasteiger partial charge in [0.1, 0.15) is 12.1 Å². The minimum Gasteiger partial charge on any atom is -0.368 e. The number of rotatable bonds is 11. The fourth-order valence-electron chi connectivity index (χ4n) is 2.61. The molecule has 1 rings (SSSR count). The molecule has 6 N–H and O–H groups in total. The van der Waals surface area contributed by atoms with Crippen LogP contribution in [0.2, 0.25) is 0 Å². The van der Waals surface area contributed by atoms with Crippen LogP contribution >= 0.6 is 0 Å². The van der Waals surface area contributed by atoms with Crippen LogP contribution in [0.3, 0.4) is 0 Å². The highest BCUT2D eigenvalue weighted by molar-refractivity contribution is 5.91. The lowest BCUT2D eigenvalue weighted by molar-refractivity contribution is -0.131. The summed E-state index contributed by atoms with van der Waals surface area (Å²) in [6.45, 7) is 4.29. The Balaban J connectivity index is 2.72. The van der Waals surface area contributed by atoms with E-state index in [1.54, 1.807) is 0 Å². The number of amides is 3. The first kappa shape index (κ1) is 21.6. The Kier molecular flexibility index (Phi) is 9.36. The minimum atomic E-state index is -0.756. The summed E-state index contributed by atoms with van der Waals surface area (Å²) in [5, 5.41) is 5.40. The monoisotopic (exact) mass is 362 g/mol. The molecule has 0 spiro atoms. The fraction of sp³-hybridized carbons (Fsp3) is 0.526. The maximum Gasteiger partial charge on any atom is 0.243 e. The first-order valence-electron chi connectivity index (χ1n) is 8.96. The molecule has 0 aliphatic carbocycles. The highest BCUT2D eigenvalue weighted by Crippen LogP contribution is 2.06. The smallest absolute Gasteiger partial charge is 0.243 e. The molecule has 3 amide bonds. The van der Waals surface area contributed by atoms with Gasteiger partial charge in [0.2, 0.25) is 17.7 Å². The third-order valence-corrected chi connectivity index (χ3v) is 3.92. The van der Waals surface area contributed by atoms with Crippen LogP contribution in [0, 0.1) is 5.92 Å². The van der Waals surface area contributed by atoms with E-state index >= 15 is 0 Å². The molecular weight excluding hydrogens is 332 g/mol. The van der Waals surface area contributed by atoms with Crippen molar-refractivity contribution < 1.29 is 14.4 Å². The summed E-state index contributed by atoms with van der Waals surface area (Å²) >= 11 is 0. The van der Waals surface area contributed by atoms with E-state index in [4.69, 9.17) is 11.5 Å². The van der Waals surface area contributed by atoms with Crippen molar-refractivity contribution in [3.63, 3.8) is 0 Å². The van der Waals surface area contributed by atoms with Crippen molar-refractivity contribution in [3.8, 4) is 0 Å². The zero-order valence-corrected chi connectivity index (χ0v) is 15.5. The molecule has 7 nitrogen and oxygen atoms in total. The molecule has 0 heterocycles. The third kappa shape index (κ3) is 8.11. The van der Waals surface area contributed by atoms with Gasteiger partial charge >= 0.3 is 0 Å². The Labute approximate surface area is 154 Å². The van der Waals surface area contributed by atoms with E-state index in [-0.39, 0.29) is 18.2 Å². The standard InChI is InChI=1S/C19H30N4O3/c1-13(2)11-16(18(21)25)23-19(26)15(9-6-10-20)22-17(24)12-14-7-4-3-5-8-14/h3-5,7-8,13,15-16H,6,9-12,20H2,1-2H3,(H2,21,25)(H,22,24)(H,23,26)/t15-,16-/m0/s1. The van der Waals surface area contributed by atoms with Gasteiger partial charge in [-0.25, -0.2) is 0 Å². The molecule has 1 aromatic rings. The molecule has 0 aliphatic rings. The Hall–Kier alpha value is -2.41. The van der Waals surface area contributed by atoms with Crippen molar-refractivity contribution in [3.05, 3.63) is 35.9 Å². The average Bonchev–Trinajstić information content (AvgIpc) is 2.58. The molecule has 144 valence electrons. The molecular formula is C19H30N4O3. The number of nitrogens with two attached hydrogens (primary N) is 2. The quantitative estimate of drug-likeness (QED) is 0.456. The van der Waals surface area contributed by atoms with Crippen LogP contribution in [0.5, 0.6) is 0 Å². The van der Waals surface area contributed by atoms with E-state index in [1.165, 1.54) is 0 Å². The van der Waals surface area contributed by atoms with E-state index in [9.17, 15) is 14.4 Å². The number of hydrogen-bond donors (Lipinski definition) is 4. The number of carbonyl (C=O) groups excluding carboxylic acids is 3. The van der Waals surface area contributed by atoms with E-state index in [1.807, 2.05) is 44.2 Å². The Morgan fingerprint density at radius 3 is 2.23 bits per heavy atom. The predicted molar refractivity (Wildman–Crippen MR) is 101 cm³/mol. The lowest BCUT2D eigenvalue weighted by Crippen LogP contribution is -2.53. The predicted octanol–water partition coefficient (Wildman–Crippen LogP) is 0.469. The lowest BCUT2D eigenvalue weighted by Gasteiger charge is -2.23. The maximum absolute atomic E-state index is 12.6. The number of nitrogens with one attached hydrogen (secondary N) is 2. The minimum absolute atomic E-state index is 0.179. The highest BCUT2D eigenvalue weighted by atomic mass is 16.2. The van der Waals surface area contributed by atoms with Gasteiger partial charge < -0.3 is 22.1 Å². The third-order valence-electron chi connectivity index (χ3n) is 3.92. The van der Waals surface area contributed by atoms with E-state index in [0.717, 1.165) is 5.56 Å². The molecule has 26 heavy (non-hydrogen) atoms. The van der Waals surface area contributed by atoms with Gasteiger partial charge in [0.05, 0.1) is 6.42 Å². The second-order valence-corrected chi connectivity index (χ2v) is 6.81. The van der Waals surface area contributed by atoms with Crippen LogP contribution in [-0.4, -0.2) is 36.3 Å². The van der Waals surface area contributed by atoms with E-state index < -0.39 is 23.9 Å². The van der Waals surface area contributed by atoms with Crippen molar-refractivity contribution in [2.45, 2.75) is 51.6 Å². The number of primary amides is 1. The van der Waals surface area contributed by atoms with Gasteiger partial charge in [-0.2, -0.15) is 0 Å². The maximum atomic E-state index is 12.6. The van der Waals surface area contributed by atoms with Crippen molar-refractivity contribution in [2.24, 2.45) is 17.4 Å². The highest BCUT2D eigenvalue weighted by Gasteiger charge is 2.25. The zero-order chi connectivity index (χ0) is 19.5. The zero-order valence-electron chi connectivity index (χ0n) is 15.5. The van der Waals surface area contributed by atoms with Gasteiger partial charge in [-0.05, 0) is 37.3 Å². The molecule has 2 atom stereocenters. The Bertz CT molecular complexity index is 590. The molecule has 0 bridgehead atoms. The van der Waals surface area contributed by atoms with Crippen molar-refractivity contribution >= 4 is 17.7 Å². The summed E-state index contributed by atoms with van der Waals surface area (Å²) in [6.07, 6.45) is 1.60. The average molecular weight is 362 g/mol. The largest absolute Gasteiger partial charge is 0.368 e. The molecule has 0 fully saturated rings. The van der Waals surface area contributed by atoms with Crippen LogP contribution < -0.4 is 22.1 Å². The van der Waals surface area contributed by atoms with Crippen LogP contribution in [0.15, 0.2) is 30.3 Å². The van der Waals surface area contributed by atoms with Gasteiger partial charge in [-0.15, -0.1) is 0 Å². The molecule has 1 aromatic carbocycles. The second kappa shape index (κ2) is 11.3. The van der Waals surface area contributed by atoms with E-state index in [0.29, 0.717) is 25.8 Å². The lowest BCUT2D eigenvalue weighted by atomic mass is 10.0. The van der Waals surface area contributed by atoms with Gasteiger partial charge in [0, 0.05) is 0 Å². The molecule has 0 saturated heterocycles. The Morgan fingerprint density at radius 2 is 1.69 bits per heavy atom. The topological polar surface area (TPSA) is 127 Å². The summed E-state index contributed by atoms with van der Waals surface area (Å²) < 4.78 is 0. The summed E-state index contributed by atoms with van der Waals surface area (Å²) in [4.78, 5) is 36.4. The first-order chi connectivity index (χ1) is 12.3. The molecule has 0 aliphatic heterocycles. The number of benzene rings is 1. The normalized spacial score (nSPS) is 13.1. The van der Waals surface area contributed by atoms with Crippen molar-refractivity contribution in [2.75, 3.05) is 6.54 Å². The number of carbonyl (C=O) groups is 3. The molecule has 0 saturated carbocycles. The molecule has 0 radical (unpaired) electrons. The van der Waals surface area contributed by atoms with Crippen LogP contribution in [0.4, 0.5) is 0 Å². The first-order valence-corrected chi connectivity index (χ1v) is 8.96. The van der Waals surface area contributed by atoms with Gasteiger partial charge in [0.25, 0.3) is 0 Å². The van der Waals surface area contributed by atoms with Crippen molar-refractivity contribution in [1.29, 1.82) is 0 Å². The summed E-state index contributed by atoms with van der Waals surface area (Å²) in [7, 11) is 0. The summed E-state index contributed by atoms with van der Waals surface area (Å²) in [5.74, 6) is -1.06. The summed E-state index contributed by atoms with van der Waals surface area (Å²) in [5.41, 5.74) is 11.8. The Morgan fingerprint density at radius 1 is 1.04 bits per heavy atom.